The zero-order valence-electron chi connectivity index (χ0n) is 11.0. The van der Waals surface area contributed by atoms with Crippen LogP contribution in [-0.4, -0.2) is 24.5 Å². The largest absolute Gasteiger partial charge is 0.481 e. The molecule has 0 aromatic heterocycles. The first-order valence-electron chi connectivity index (χ1n) is 6.07. The first-order chi connectivity index (χ1) is 9.54. The standard InChI is InChI=1S/C15H13F2NO2/c1-3-7-20-10-8-11(16)15(12(17)9-10)13-5-4-6-14(19)18(13)2/h1,5,8-9H,4,6-7H2,2H3. The summed E-state index contributed by atoms with van der Waals surface area (Å²) in [5, 5.41) is 0. The normalized spacial score (nSPS) is 14.8. The SMILES string of the molecule is C#CCOc1cc(F)c(C2=CCCC(=O)N2C)c(F)c1. The number of carbonyl (C=O) groups is 1. The Hall–Kier alpha value is -2.35. The van der Waals surface area contributed by atoms with E-state index in [0.29, 0.717) is 12.8 Å². The van der Waals surface area contributed by atoms with Gasteiger partial charge in [-0.3, -0.25) is 4.79 Å². The van der Waals surface area contributed by atoms with E-state index >= 15 is 0 Å². The predicted octanol–water partition coefficient (Wildman–Crippen LogP) is 2.57. The summed E-state index contributed by atoms with van der Waals surface area (Å²) in [5.41, 5.74) is 0.00774. The first kappa shape index (κ1) is 14.1. The lowest BCUT2D eigenvalue weighted by Gasteiger charge is -2.25. The van der Waals surface area contributed by atoms with Crippen molar-refractivity contribution in [3.05, 3.63) is 35.4 Å². The number of halogens is 2. The van der Waals surface area contributed by atoms with Crippen molar-refractivity contribution in [3.8, 4) is 18.1 Å². The van der Waals surface area contributed by atoms with Crippen LogP contribution in [0.3, 0.4) is 0 Å². The summed E-state index contributed by atoms with van der Waals surface area (Å²) < 4.78 is 33.1. The zero-order chi connectivity index (χ0) is 14.7. The highest BCUT2D eigenvalue weighted by molar-refractivity contribution is 5.89. The van der Waals surface area contributed by atoms with Crippen molar-refractivity contribution < 1.29 is 18.3 Å². The molecule has 0 fully saturated rings. The zero-order valence-corrected chi connectivity index (χ0v) is 11.0. The van der Waals surface area contributed by atoms with Crippen LogP contribution in [0.25, 0.3) is 5.70 Å². The second-order valence-corrected chi connectivity index (χ2v) is 4.34. The smallest absolute Gasteiger partial charge is 0.227 e. The molecule has 3 nitrogen and oxygen atoms in total. The topological polar surface area (TPSA) is 29.5 Å². The number of allylic oxidation sites excluding steroid dienone is 1. The molecule has 20 heavy (non-hydrogen) atoms. The van der Waals surface area contributed by atoms with E-state index in [1.54, 1.807) is 6.08 Å². The number of hydrogen-bond acceptors (Lipinski definition) is 2. The van der Waals surface area contributed by atoms with Crippen LogP contribution in [-0.2, 0) is 4.79 Å². The highest BCUT2D eigenvalue weighted by atomic mass is 19.1. The number of benzene rings is 1. The average molecular weight is 277 g/mol. The molecule has 1 amide bonds. The van der Waals surface area contributed by atoms with Crippen molar-refractivity contribution in [1.82, 2.24) is 4.90 Å². The third-order valence-electron chi connectivity index (χ3n) is 3.03. The summed E-state index contributed by atoms with van der Waals surface area (Å²) in [6.07, 6.45) is 7.47. The lowest BCUT2D eigenvalue weighted by molar-refractivity contribution is -0.127. The number of amides is 1. The minimum Gasteiger partial charge on any atom is -0.481 e. The summed E-state index contributed by atoms with van der Waals surface area (Å²) in [5.74, 6) is 0.488. The van der Waals surface area contributed by atoms with Gasteiger partial charge in [-0.05, 0) is 6.42 Å². The Morgan fingerprint density at radius 3 is 2.65 bits per heavy atom. The van der Waals surface area contributed by atoms with Gasteiger partial charge in [0.1, 0.15) is 24.0 Å². The van der Waals surface area contributed by atoms with Gasteiger partial charge in [-0.1, -0.05) is 12.0 Å². The number of hydrogen-bond donors (Lipinski definition) is 0. The summed E-state index contributed by atoms with van der Waals surface area (Å²) in [4.78, 5) is 12.9. The minimum absolute atomic E-state index is 0.0205. The second kappa shape index (κ2) is 5.74. The number of rotatable bonds is 3. The highest BCUT2D eigenvalue weighted by Gasteiger charge is 2.24. The molecule has 104 valence electrons. The van der Waals surface area contributed by atoms with Gasteiger partial charge in [-0.2, -0.15) is 0 Å². The molecule has 5 heteroatoms. The van der Waals surface area contributed by atoms with E-state index in [0.717, 1.165) is 12.1 Å². The third-order valence-corrected chi connectivity index (χ3v) is 3.03. The van der Waals surface area contributed by atoms with Crippen LogP contribution in [0.2, 0.25) is 0 Å². The van der Waals surface area contributed by atoms with Crippen LogP contribution in [0.1, 0.15) is 18.4 Å². The third kappa shape index (κ3) is 2.64. The van der Waals surface area contributed by atoms with Crippen molar-refractivity contribution in [3.63, 3.8) is 0 Å². The fourth-order valence-corrected chi connectivity index (χ4v) is 2.04. The van der Waals surface area contributed by atoms with E-state index in [4.69, 9.17) is 11.2 Å². The van der Waals surface area contributed by atoms with Gasteiger partial charge in [-0.25, -0.2) is 8.78 Å². The van der Waals surface area contributed by atoms with E-state index in [2.05, 4.69) is 5.92 Å². The van der Waals surface area contributed by atoms with Gasteiger partial charge in [0, 0.05) is 25.6 Å². The molecule has 0 spiro atoms. The number of nitrogens with zero attached hydrogens (tertiary/aromatic N) is 1. The molecule has 0 radical (unpaired) electrons. The van der Waals surface area contributed by atoms with Gasteiger partial charge in [-0.15, -0.1) is 6.42 Å². The molecule has 1 aromatic carbocycles. The molecule has 0 atom stereocenters. The predicted molar refractivity (Wildman–Crippen MR) is 70.7 cm³/mol. The fraction of sp³-hybridized carbons (Fsp3) is 0.267. The van der Waals surface area contributed by atoms with Crippen LogP contribution in [0.4, 0.5) is 8.78 Å². The molecule has 0 saturated heterocycles. The Kier molecular flexibility index (Phi) is 4.04. The lowest BCUT2D eigenvalue weighted by atomic mass is 10.0. The van der Waals surface area contributed by atoms with Crippen LogP contribution in [0.15, 0.2) is 18.2 Å². The van der Waals surface area contributed by atoms with Crippen LogP contribution in [0.5, 0.6) is 5.75 Å². The molecule has 1 aliphatic rings. The van der Waals surface area contributed by atoms with E-state index in [9.17, 15) is 13.6 Å². The maximum Gasteiger partial charge on any atom is 0.227 e. The van der Waals surface area contributed by atoms with E-state index < -0.39 is 11.6 Å². The summed E-state index contributed by atoms with van der Waals surface area (Å²) in [7, 11) is 1.49. The van der Waals surface area contributed by atoms with Crippen LogP contribution < -0.4 is 4.74 Å². The number of ether oxygens (including phenoxy) is 1. The van der Waals surface area contributed by atoms with Gasteiger partial charge in [0.15, 0.2) is 0 Å². The van der Waals surface area contributed by atoms with E-state index in [1.807, 2.05) is 0 Å². The maximum absolute atomic E-state index is 14.1. The van der Waals surface area contributed by atoms with Gasteiger partial charge >= 0.3 is 0 Å². The van der Waals surface area contributed by atoms with Gasteiger partial charge in [0.05, 0.1) is 11.3 Å². The molecule has 0 bridgehead atoms. The molecular weight excluding hydrogens is 264 g/mol. The van der Waals surface area contributed by atoms with E-state index in [1.165, 1.54) is 11.9 Å². The van der Waals surface area contributed by atoms with Crippen LogP contribution >= 0.6 is 0 Å². The average Bonchev–Trinajstić information content (AvgIpc) is 2.40. The van der Waals surface area contributed by atoms with Crippen molar-refractivity contribution in [2.75, 3.05) is 13.7 Å². The lowest BCUT2D eigenvalue weighted by Crippen LogP contribution is -2.28. The summed E-state index contributed by atoms with van der Waals surface area (Å²) in [6.45, 7) is -0.0701. The van der Waals surface area contributed by atoms with Crippen molar-refractivity contribution in [1.29, 1.82) is 0 Å². The quantitative estimate of drug-likeness (QED) is 0.795. The first-order valence-corrected chi connectivity index (χ1v) is 6.07. The Balaban J connectivity index is 2.40. The van der Waals surface area contributed by atoms with E-state index in [-0.39, 0.29) is 29.5 Å². The Morgan fingerprint density at radius 2 is 2.05 bits per heavy atom. The van der Waals surface area contributed by atoms with Crippen molar-refractivity contribution in [2.45, 2.75) is 12.8 Å². The molecular formula is C15H13F2NO2. The number of terminal acetylenes is 1. The molecule has 2 rings (SSSR count). The summed E-state index contributed by atoms with van der Waals surface area (Å²) in [6, 6.07) is 2.12. The monoisotopic (exact) mass is 277 g/mol. The Morgan fingerprint density at radius 1 is 1.40 bits per heavy atom. The van der Waals surface area contributed by atoms with Crippen molar-refractivity contribution in [2.24, 2.45) is 0 Å². The minimum atomic E-state index is -0.787. The van der Waals surface area contributed by atoms with Gasteiger partial charge in [0.2, 0.25) is 5.91 Å². The molecule has 1 aromatic rings. The highest BCUT2D eigenvalue weighted by Crippen LogP contribution is 2.31. The Labute approximate surface area is 115 Å². The molecule has 0 N–H and O–H groups in total. The fourth-order valence-electron chi connectivity index (χ4n) is 2.04. The molecule has 0 aliphatic carbocycles. The van der Waals surface area contributed by atoms with Crippen molar-refractivity contribution >= 4 is 11.6 Å². The van der Waals surface area contributed by atoms with Gasteiger partial charge < -0.3 is 9.64 Å². The summed E-state index contributed by atoms with van der Waals surface area (Å²) >= 11 is 0. The number of carbonyl (C=O) groups excluding carboxylic acids is 1. The molecule has 1 aliphatic heterocycles. The molecule has 0 saturated carbocycles. The van der Waals surface area contributed by atoms with Crippen LogP contribution in [0, 0.1) is 24.0 Å². The Bertz CT molecular complexity index is 594. The maximum atomic E-state index is 14.1. The van der Waals surface area contributed by atoms with Gasteiger partial charge in [0.25, 0.3) is 0 Å². The molecule has 1 heterocycles. The second-order valence-electron chi connectivity index (χ2n) is 4.34. The molecule has 0 unspecified atom stereocenters.